The van der Waals surface area contributed by atoms with Gasteiger partial charge in [0.2, 0.25) is 0 Å². The molecule has 2 aromatic carbocycles. The van der Waals surface area contributed by atoms with E-state index in [2.05, 4.69) is 15.9 Å². The number of alkyl halides is 1. The molecule has 0 aliphatic carbocycles. The van der Waals surface area contributed by atoms with Crippen molar-refractivity contribution in [3.63, 3.8) is 0 Å². The maximum absolute atomic E-state index is 13.9. The Kier molecular flexibility index (Phi) is 5.06. The van der Waals surface area contributed by atoms with E-state index in [4.69, 9.17) is 21.1 Å². The van der Waals surface area contributed by atoms with Crippen molar-refractivity contribution in [2.24, 2.45) is 0 Å². The topological polar surface area (TPSA) is 18.5 Å². The first-order valence-electron chi connectivity index (χ1n) is 5.99. The molecular formula is C15H12BrClF2O2. The number of hydrogen-bond donors (Lipinski definition) is 0. The number of rotatable bonds is 4. The van der Waals surface area contributed by atoms with Crippen LogP contribution >= 0.6 is 27.5 Å². The third kappa shape index (κ3) is 3.14. The highest BCUT2D eigenvalue weighted by molar-refractivity contribution is 9.09. The van der Waals surface area contributed by atoms with Crippen molar-refractivity contribution >= 4 is 27.5 Å². The van der Waals surface area contributed by atoms with Crippen LogP contribution in [0.25, 0.3) is 0 Å². The minimum absolute atomic E-state index is 0.105. The summed E-state index contributed by atoms with van der Waals surface area (Å²) in [6.45, 7) is 0. The third-order valence-corrected chi connectivity index (χ3v) is 4.31. The fourth-order valence-corrected chi connectivity index (χ4v) is 3.18. The van der Waals surface area contributed by atoms with Crippen LogP contribution in [0.2, 0.25) is 5.02 Å². The van der Waals surface area contributed by atoms with E-state index in [1.165, 1.54) is 32.4 Å². The van der Waals surface area contributed by atoms with Gasteiger partial charge in [0.15, 0.2) is 11.5 Å². The molecule has 0 aromatic heterocycles. The number of benzene rings is 2. The molecule has 0 amide bonds. The average Bonchev–Trinajstić information content (AvgIpc) is 2.46. The Morgan fingerprint density at radius 1 is 1.05 bits per heavy atom. The van der Waals surface area contributed by atoms with E-state index < -0.39 is 16.5 Å². The van der Waals surface area contributed by atoms with Crippen LogP contribution in [0.4, 0.5) is 8.78 Å². The molecule has 0 aliphatic heterocycles. The molecule has 0 aliphatic rings. The normalized spacial score (nSPS) is 12.1. The van der Waals surface area contributed by atoms with Gasteiger partial charge >= 0.3 is 0 Å². The largest absolute Gasteiger partial charge is 0.493 e. The van der Waals surface area contributed by atoms with Gasteiger partial charge in [0.1, 0.15) is 11.6 Å². The zero-order valence-electron chi connectivity index (χ0n) is 11.3. The number of hydrogen-bond acceptors (Lipinski definition) is 2. The maximum Gasteiger partial charge on any atom is 0.162 e. The number of methoxy groups -OCH3 is 2. The van der Waals surface area contributed by atoms with Gasteiger partial charge in [-0.2, -0.15) is 0 Å². The molecule has 1 atom stereocenters. The monoisotopic (exact) mass is 376 g/mol. The smallest absolute Gasteiger partial charge is 0.162 e. The summed E-state index contributed by atoms with van der Waals surface area (Å²) in [6, 6.07) is 6.84. The van der Waals surface area contributed by atoms with Crippen LogP contribution in [0.1, 0.15) is 16.0 Å². The Morgan fingerprint density at radius 3 is 2.10 bits per heavy atom. The summed E-state index contributed by atoms with van der Waals surface area (Å²) < 4.78 is 38.1. The molecule has 0 heterocycles. The number of ether oxygens (including phenoxy) is 2. The molecule has 0 radical (unpaired) electrons. The zero-order chi connectivity index (χ0) is 15.6. The van der Waals surface area contributed by atoms with Gasteiger partial charge in [0.05, 0.1) is 19.0 Å². The predicted octanol–water partition coefficient (Wildman–Crippen LogP) is 5.12. The van der Waals surface area contributed by atoms with E-state index in [1.54, 1.807) is 12.1 Å². The van der Waals surface area contributed by atoms with Crippen molar-refractivity contribution in [2.75, 3.05) is 14.2 Å². The van der Waals surface area contributed by atoms with Crippen molar-refractivity contribution < 1.29 is 18.3 Å². The lowest BCUT2D eigenvalue weighted by Crippen LogP contribution is -2.02. The van der Waals surface area contributed by atoms with E-state index in [0.29, 0.717) is 22.1 Å². The summed E-state index contributed by atoms with van der Waals surface area (Å²) >= 11 is 9.47. The second-order valence-electron chi connectivity index (χ2n) is 4.23. The van der Waals surface area contributed by atoms with E-state index in [1.807, 2.05) is 0 Å². The highest BCUT2D eigenvalue weighted by atomic mass is 79.9. The van der Waals surface area contributed by atoms with Crippen molar-refractivity contribution in [2.45, 2.75) is 4.83 Å². The van der Waals surface area contributed by atoms with Gasteiger partial charge in [0, 0.05) is 16.7 Å². The highest BCUT2D eigenvalue weighted by Gasteiger charge is 2.23. The first-order valence-corrected chi connectivity index (χ1v) is 7.28. The van der Waals surface area contributed by atoms with Gasteiger partial charge < -0.3 is 9.47 Å². The van der Waals surface area contributed by atoms with Gasteiger partial charge in [-0.1, -0.05) is 33.6 Å². The molecule has 2 nitrogen and oxygen atoms in total. The molecule has 2 aromatic rings. The minimum Gasteiger partial charge on any atom is -0.493 e. The van der Waals surface area contributed by atoms with Gasteiger partial charge in [0.25, 0.3) is 0 Å². The van der Waals surface area contributed by atoms with Gasteiger partial charge in [-0.3, -0.25) is 0 Å². The van der Waals surface area contributed by atoms with Crippen LogP contribution in [0.3, 0.4) is 0 Å². The lowest BCUT2D eigenvalue weighted by Gasteiger charge is -2.17. The molecule has 1 unspecified atom stereocenters. The Morgan fingerprint density at radius 2 is 1.57 bits per heavy atom. The summed E-state index contributed by atoms with van der Waals surface area (Å²) in [5, 5.41) is 0.317. The van der Waals surface area contributed by atoms with Gasteiger partial charge in [-0.05, 0) is 23.8 Å². The van der Waals surface area contributed by atoms with E-state index in [9.17, 15) is 8.78 Å². The molecule has 6 heteroatoms. The highest BCUT2D eigenvalue weighted by Crippen LogP contribution is 2.42. The fourth-order valence-electron chi connectivity index (χ4n) is 1.97. The second-order valence-corrected chi connectivity index (χ2v) is 5.55. The van der Waals surface area contributed by atoms with Gasteiger partial charge in [-0.25, -0.2) is 8.78 Å². The fraction of sp³-hybridized carbons (Fsp3) is 0.200. The van der Waals surface area contributed by atoms with Crippen LogP contribution in [0.15, 0.2) is 30.3 Å². The lowest BCUT2D eigenvalue weighted by atomic mass is 10.0. The average molecular weight is 378 g/mol. The SMILES string of the molecule is COc1cc(Cl)c(C(Br)c2c(F)cccc2F)cc1OC. The molecule has 0 bridgehead atoms. The standard InChI is InChI=1S/C15H12BrClF2O2/c1-20-12-6-8(9(17)7-13(12)21-2)15(16)14-10(18)4-3-5-11(14)19/h3-7,15H,1-2H3. The summed E-state index contributed by atoms with van der Waals surface area (Å²) in [5.74, 6) is -0.427. The summed E-state index contributed by atoms with van der Waals surface area (Å²) in [5.41, 5.74) is 0.380. The molecule has 0 fully saturated rings. The Hall–Kier alpha value is -1.33. The van der Waals surface area contributed by atoms with E-state index in [0.717, 1.165) is 0 Å². The Bertz CT molecular complexity index is 644. The molecule has 0 spiro atoms. The first kappa shape index (κ1) is 16.0. The number of halogens is 4. The molecule has 112 valence electrons. The van der Waals surface area contributed by atoms with Crippen molar-refractivity contribution in [1.82, 2.24) is 0 Å². The van der Waals surface area contributed by atoms with Gasteiger partial charge in [-0.15, -0.1) is 0 Å². The zero-order valence-corrected chi connectivity index (χ0v) is 13.6. The Balaban J connectivity index is 2.56. The molecule has 0 saturated heterocycles. The van der Waals surface area contributed by atoms with Crippen LogP contribution in [0, 0.1) is 11.6 Å². The minimum atomic E-state index is -0.744. The lowest BCUT2D eigenvalue weighted by molar-refractivity contribution is 0.354. The van der Waals surface area contributed by atoms with Crippen LogP contribution in [-0.4, -0.2) is 14.2 Å². The van der Waals surface area contributed by atoms with E-state index >= 15 is 0 Å². The summed E-state index contributed by atoms with van der Waals surface area (Å²) in [7, 11) is 2.96. The van der Waals surface area contributed by atoms with Crippen molar-refractivity contribution in [3.05, 3.63) is 58.1 Å². The molecule has 21 heavy (non-hydrogen) atoms. The maximum atomic E-state index is 13.9. The van der Waals surface area contributed by atoms with Crippen molar-refractivity contribution in [1.29, 1.82) is 0 Å². The third-order valence-electron chi connectivity index (χ3n) is 3.03. The second kappa shape index (κ2) is 6.62. The molecule has 0 saturated carbocycles. The van der Waals surface area contributed by atoms with E-state index in [-0.39, 0.29) is 5.56 Å². The van der Waals surface area contributed by atoms with Crippen LogP contribution in [0.5, 0.6) is 11.5 Å². The van der Waals surface area contributed by atoms with Crippen LogP contribution < -0.4 is 9.47 Å². The summed E-state index contributed by atoms with van der Waals surface area (Å²) in [4.78, 5) is -0.744. The molecule has 2 rings (SSSR count). The summed E-state index contributed by atoms with van der Waals surface area (Å²) in [6.07, 6.45) is 0. The van der Waals surface area contributed by atoms with Crippen molar-refractivity contribution in [3.8, 4) is 11.5 Å². The molecular weight excluding hydrogens is 366 g/mol. The Labute approximate surface area is 134 Å². The molecule has 0 N–H and O–H groups in total. The quantitative estimate of drug-likeness (QED) is 0.689. The first-order chi connectivity index (χ1) is 9.99. The predicted molar refractivity (Wildman–Crippen MR) is 81.7 cm³/mol. The van der Waals surface area contributed by atoms with Crippen LogP contribution in [-0.2, 0) is 0 Å².